The number of aliphatic imine (C=N–C) groups is 1. The lowest BCUT2D eigenvalue weighted by Crippen LogP contribution is -2.33. The molecule has 0 aliphatic carbocycles. The SMILES string of the molecule is CN1CCC(CNc2cc3c(cc2-c2ccc(C(F)(F)F)cc2)C=NCC3)CC1. The van der Waals surface area contributed by atoms with E-state index in [4.69, 9.17) is 0 Å². The third kappa shape index (κ3) is 4.64. The van der Waals surface area contributed by atoms with Crippen molar-refractivity contribution in [1.82, 2.24) is 4.90 Å². The average molecular weight is 401 g/mol. The third-order valence-electron chi connectivity index (χ3n) is 5.96. The molecule has 2 aromatic carbocycles. The predicted molar refractivity (Wildman–Crippen MR) is 112 cm³/mol. The third-order valence-corrected chi connectivity index (χ3v) is 5.96. The van der Waals surface area contributed by atoms with Crippen LogP contribution in [-0.2, 0) is 12.6 Å². The number of likely N-dealkylation sites (tertiary alicyclic amines) is 1. The van der Waals surface area contributed by atoms with Gasteiger partial charge in [-0.2, -0.15) is 13.2 Å². The molecule has 1 N–H and O–H groups in total. The summed E-state index contributed by atoms with van der Waals surface area (Å²) >= 11 is 0. The molecule has 0 spiro atoms. The topological polar surface area (TPSA) is 27.6 Å². The smallest absolute Gasteiger partial charge is 0.384 e. The van der Waals surface area contributed by atoms with Gasteiger partial charge in [-0.1, -0.05) is 12.1 Å². The summed E-state index contributed by atoms with van der Waals surface area (Å²) in [5, 5.41) is 3.61. The molecule has 2 heterocycles. The van der Waals surface area contributed by atoms with Gasteiger partial charge < -0.3 is 10.2 Å². The van der Waals surface area contributed by atoms with Crippen molar-refractivity contribution >= 4 is 11.9 Å². The minimum atomic E-state index is -4.32. The van der Waals surface area contributed by atoms with Crippen LogP contribution in [0.25, 0.3) is 11.1 Å². The molecule has 1 saturated heterocycles. The first kappa shape index (κ1) is 20.0. The highest BCUT2D eigenvalue weighted by Crippen LogP contribution is 2.35. The summed E-state index contributed by atoms with van der Waals surface area (Å²) in [4.78, 5) is 6.71. The second kappa shape index (κ2) is 8.19. The van der Waals surface area contributed by atoms with E-state index in [1.807, 2.05) is 6.21 Å². The highest BCUT2D eigenvalue weighted by atomic mass is 19.4. The highest BCUT2D eigenvalue weighted by molar-refractivity contribution is 5.90. The van der Waals surface area contributed by atoms with Gasteiger partial charge >= 0.3 is 6.18 Å². The molecule has 2 aliphatic heterocycles. The Morgan fingerprint density at radius 1 is 1.10 bits per heavy atom. The molecule has 4 rings (SSSR count). The van der Waals surface area contributed by atoms with Crippen LogP contribution < -0.4 is 5.32 Å². The number of anilines is 1. The van der Waals surface area contributed by atoms with E-state index in [0.717, 1.165) is 80.0 Å². The van der Waals surface area contributed by atoms with Crippen molar-refractivity contribution in [3.63, 3.8) is 0 Å². The number of fused-ring (bicyclic) bond motifs is 1. The van der Waals surface area contributed by atoms with Crippen molar-refractivity contribution < 1.29 is 13.2 Å². The van der Waals surface area contributed by atoms with E-state index in [2.05, 4.69) is 34.4 Å². The van der Waals surface area contributed by atoms with Gasteiger partial charge in [0.25, 0.3) is 0 Å². The molecule has 29 heavy (non-hydrogen) atoms. The number of nitrogens with zero attached hydrogens (tertiary/aromatic N) is 2. The fraction of sp³-hybridized carbons (Fsp3) is 0.435. The second-order valence-corrected chi connectivity index (χ2v) is 8.08. The molecular weight excluding hydrogens is 375 g/mol. The highest BCUT2D eigenvalue weighted by Gasteiger charge is 2.30. The summed E-state index contributed by atoms with van der Waals surface area (Å²) in [7, 11) is 2.15. The molecule has 0 unspecified atom stereocenters. The molecule has 2 aliphatic rings. The first-order valence-corrected chi connectivity index (χ1v) is 10.2. The number of piperidine rings is 1. The lowest BCUT2D eigenvalue weighted by atomic mass is 9.93. The Hall–Kier alpha value is -2.34. The van der Waals surface area contributed by atoms with Gasteiger partial charge in [-0.3, -0.25) is 4.99 Å². The Balaban J connectivity index is 1.62. The number of hydrogen-bond donors (Lipinski definition) is 1. The van der Waals surface area contributed by atoms with Crippen molar-refractivity contribution in [3.8, 4) is 11.1 Å². The van der Waals surface area contributed by atoms with Crippen LogP contribution in [0.5, 0.6) is 0 Å². The van der Waals surface area contributed by atoms with Crippen molar-refractivity contribution in [2.75, 3.05) is 38.5 Å². The molecule has 0 aromatic heterocycles. The Morgan fingerprint density at radius 3 is 2.52 bits per heavy atom. The van der Waals surface area contributed by atoms with Gasteiger partial charge in [-0.15, -0.1) is 0 Å². The van der Waals surface area contributed by atoms with Crippen molar-refractivity contribution in [2.45, 2.75) is 25.4 Å². The van der Waals surface area contributed by atoms with Crippen LogP contribution in [0.4, 0.5) is 18.9 Å². The molecule has 3 nitrogen and oxygen atoms in total. The van der Waals surface area contributed by atoms with Crippen LogP contribution in [0.3, 0.4) is 0 Å². The Labute approximate surface area is 169 Å². The van der Waals surface area contributed by atoms with Gasteiger partial charge in [0, 0.05) is 30.6 Å². The minimum Gasteiger partial charge on any atom is -0.384 e. The maximum atomic E-state index is 12.9. The lowest BCUT2D eigenvalue weighted by molar-refractivity contribution is -0.137. The van der Waals surface area contributed by atoms with Crippen LogP contribution in [0.1, 0.15) is 29.5 Å². The number of alkyl halides is 3. The summed E-state index contributed by atoms with van der Waals surface area (Å²) in [6.45, 7) is 3.88. The summed E-state index contributed by atoms with van der Waals surface area (Å²) in [5.74, 6) is 0.615. The largest absolute Gasteiger partial charge is 0.416 e. The van der Waals surface area contributed by atoms with Crippen LogP contribution >= 0.6 is 0 Å². The van der Waals surface area contributed by atoms with Crippen LogP contribution in [-0.4, -0.2) is 44.3 Å². The Kier molecular flexibility index (Phi) is 5.63. The summed E-state index contributed by atoms with van der Waals surface area (Å²) in [5.41, 5.74) is 4.38. The number of nitrogens with one attached hydrogen (secondary N) is 1. The standard InChI is InChI=1S/C23H26F3N3/c1-29-10-7-16(8-11-29)14-28-22-13-18-6-9-27-15-19(18)12-21(22)17-2-4-20(5-3-17)23(24,25)26/h2-5,12-13,15-16,28H,6-11,14H2,1H3. The maximum absolute atomic E-state index is 12.9. The molecule has 0 atom stereocenters. The van der Waals surface area contributed by atoms with Crippen molar-refractivity contribution in [2.24, 2.45) is 10.9 Å². The minimum absolute atomic E-state index is 0.615. The van der Waals surface area contributed by atoms with E-state index in [1.54, 1.807) is 12.1 Å². The van der Waals surface area contributed by atoms with Gasteiger partial charge in [0.2, 0.25) is 0 Å². The van der Waals surface area contributed by atoms with Gasteiger partial charge in [0.05, 0.1) is 5.56 Å². The van der Waals surface area contributed by atoms with Crippen molar-refractivity contribution in [3.05, 3.63) is 53.1 Å². The summed E-state index contributed by atoms with van der Waals surface area (Å²) in [6, 6.07) is 9.64. The Morgan fingerprint density at radius 2 is 1.83 bits per heavy atom. The number of rotatable bonds is 4. The van der Waals surface area contributed by atoms with E-state index in [-0.39, 0.29) is 0 Å². The first-order valence-electron chi connectivity index (χ1n) is 10.2. The van der Waals surface area contributed by atoms with Gasteiger partial charge in [-0.05, 0) is 86.3 Å². The summed E-state index contributed by atoms with van der Waals surface area (Å²) in [6.07, 6.45) is 0.763. The molecular formula is C23H26F3N3. The summed E-state index contributed by atoms with van der Waals surface area (Å²) < 4.78 is 38.8. The normalized spacial score (nSPS) is 17.9. The molecule has 6 heteroatoms. The predicted octanol–water partition coefficient (Wildman–Crippen LogP) is 5.10. The number of benzene rings is 2. The zero-order valence-corrected chi connectivity index (χ0v) is 16.6. The first-order chi connectivity index (χ1) is 13.9. The van der Waals surface area contributed by atoms with E-state index in [1.165, 1.54) is 5.56 Å². The van der Waals surface area contributed by atoms with E-state index in [9.17, 15) is 13.2 Å². The van der Waals surface area contributed by atoms with E-state index >= 15 is 0 Å². The zero-order valence-electron chi connectivity index (χ0n) is 16.6. The molecule has 0 bridgehead atoms. The van der Waals surface area contributed by atoms with Crippen LogP contribution in [0, 0.1) is 5.92 Å². The molecule has 0 amide bonds. The van der Waals surface area contributed by atoms with Gasteiger partial charge in [0.15, 0.2) is 0 Å². The van der Waals surface area contributed by atoms with Gasteiger partial charge in [-0.25, -0.2) is 0 Å². The fourth-order valence-electron chi connectivity index (χ4n) is 4.09. The Bertz CT molecular complexity index is 879. The van der Waals surface area contributed by atoms with Crippen molar-refractivity contribution in [1.29, 1.82) is 0 Å². The van der Waals surface area contributed by atoms with E-state index in [0.29, 0.717) is 5.92 Å². The quantitative estimate of drug-likeness (QED) is 0.772. The monoisotopic (exact) mass is 401 g/mol. The van der Waals surface area contributed by atoms with Gasteiger partial charge in [0.1, 0.15) is 0 Å². The number of halogens is 3. The molecule has 1 fully saturated rings. The number of hydrogen-bond acceptors (Lipinski definition) is 3. The fourth-order valence-corrected chi connectivity index (χ4v) is 4.09. The molecule has 0 radical (unpaired) electrons. The molecule has 0 saturated carbocycles. The van der Waals surface area contributed by atoms with E-state index < -0.39 is 11.7 Å². The second-order valence-electron chi connectivity index (χ2n) is 8.08. The van der Waals surface area contributed by atoms with Crippen LogP contribution in [0.15, 0.2) is 41.4 Å². The molecule has 154 valence electrons. The average Bonchev–Trinajstić information content (AvgIpc) is 2.72. The molecule has 2 aromatic rings. The zero-order chi connectivity index (χ0) is 20.4. The lowest BCUT2D eigenvalue weighted by Gasteiger charge is -2.29. The van der Waals surface area contributed by atoms with Crippen LogP contribution in [0.2, 0.25) is 0 Å². The maximum Gasteiger partial charge on any atom is 0.416 e.